The van der Waals surface area contributed by atoms with Gasteiger partial charge in [0.2, 0.25) is 5.95 Å². The molecule has 0 fully saturated rings. The molecular weight excluding hydrogens is 464 g/mol. The molecule has 8 nitrogen and oxygen atoms in total. The topological polar surface area (TPSA) is 115 Å². The van der Waals surface area contributed by atoms with Crippen LogP contribution in [0.2, 0.25) is 0 Å². The summed E-state index contributed by atoms with van der Waals surface area (Å²) in [7, 11) is 0. The van der Waals surface area contributed by atoms with Gasteiger partial charge in [0.05, 0.1) is 18.1 Å². The Bertz CT molecular complexity index is 1400. The second-order valence-electron chi connectivity index (χ2n) is 7.56. The number of rotatable bonds is 5. The average molecular weight is 484 g/mol. The number of amides is 1. The van der Waals surface area contributed by atoms with E-state index < -0.39 is 11.6 Å². The Morgan fingerprint density at radius 1 is 1.24 bits per heavy atom. The van der Waals surface area contributed by atoms with Crippen molar-refractivity contribution < 1.29 is 23.4 Å². The van der Waals surface area contributed by atoms with Crippen molar-refractivity contribution in [2.24, 2.45) is 0 Å². The lowest BCUT2D eigenvalue weighted by atomic mass is 10.0. The predicted molar refractivity (Wildman–Crippen MR) is 123 cm³/mol. The molecule has 0 saturated carbocycles. The number of aromatic nitrogens is 3. The third kappa shape index (κ3) is 3.99. The lowest BCUT2D eigenvalue weighted by Gasteiger charge is -2.10. The Balaban J connectivity index is 1.56. The molecule has 1 aliphatic heterocycles. The Hall–Kier alpha value is -3.83. The highest BCUT2D eigenvalue weighted by Gasteiger charge is 2.24. The smallest absolute Gasteiger partial charge is 0.251 e. The number of carbonyl (C=O) groups is 1. The molecule has 0 unspecified atom stereocenters. The number of anilines is 1. The first-order valence-corrected chi connectivity index (χ1v) is 11.2. The molecular formula is C23H19F2N5O3S. The van der Waals surface area contributed by atoms with Crippen LogP contribution in [0.15, 0.2) is 42.5 Å². The molecule has 1 aliphatic rings. The van der Waals surface area contributed by atoms with Gasteiger partial charge in [-0.25, -0.2) is 13.5 Å². The minimum atomic E-state index is -0.782. The van der Waals surface area contributed by atoms with Crippen LogP contribution in [-0.2, 0) is 6.42 Å². The monoisotopic (exact) mass is 483 g/mol. The molecule has 5 rings (SSSR count). The second-order valence-corrected chi connectivity index (χ2v) is 8.61. The zero-order valence-electron chi connectivity index (χ0n) is 17.7. The molecule has 1 amide bonds. The summed E-state index contributed by atoms with van der Waals surface area (Å²) >= 11 is 1.41. The van der Waals surface area contributed by atoms with Crippen molar-refractivity contribution in [3.8, 4) is 32.6 Å². The van der Waals surface area contributed by atoms with Gasteiger partial charge in [-0.05, 0) is 42.0 Å². The van der Waals surface area contributed by atoms with Crippen LogP contribution in [0.3, 0.4) is 0 Å². The summed E-state index contributed by atoms with van der Waals surface area (Å²) in [6.45, 7) is 0.415. The molecule has 174 valence electrons. The fraction of sp³-hybridized carbons (Fsp3) is 0.174. The fourth-order valence-corrected chi connectivity index (χ4v) is 4.99. The fourth-order valence-electron chi connectivity index (χ4n) is 3.77. The SMILES string of the molecule is Nc1nc(-c2cc3c(s2)-c2ccc(C(=O)NCCO)cc2OCC3)n(-c2ccc(F)cc2F)n1. The first-order chi connectivity index (χ1) is 16.4. The third-order valence-corrected chi connectivity index (χ3v) is 6.51. The highest BCUT2D eigenvalue weighted by molar-refractivity contribution is 7.19. The van der Waals surface area contributed by atoms with Gasteiger partial charge in [-0.3, -0.25) is 4.79 Å². The molecule has 3 heterocycles. The number of nitrogen functional groups attached to an aromatic ring is 1. The highest BCUT2D eigenvalue weighted by atomic mass is 32.1. The maximum absolute atomic E-state index is 14.5. The number of halogens is 2. The van der Waals surface area contributed by atoms with Crippen molar-refractivity contribution in [3.63, 3.8) is 0 Å². The number of nitrogens with one attached hydrogen (secondary N) is 1. The summed E-state index contributed by atoms with van der Waals surface area (Å²) in [6, 6.07) is 10.3. The van der Waals surface area contributed by atoms with Crippen molar-refractivity contribution in [1.29, 1.82) is 0 Å². The molecule has 11 heteroatoms. The number of fused-ring (bicyclic) bond motifs is 3. The molecule has 0 atom stereocenters. The van der Waals surface area contributed by atoms with E-state index in [2.05, 4.69) is 15.4 Å². The van der Waals surface area contributed by atoms with Crippen LogP contribution >= 0.6 is 11.3 Å². The summed E-state index contributed by atoms with van der Waals surface area (Å²) in [6.07, 6.45) is 0.612. The summed E-state index contributed by atoms with van der Waals surface area (Å²) in [4.78, 5) is 18.2. The number of aliphatic hydroxyl groups is 1. The van der Waals surface area contributed by atoms with Gasteiger partial charge >= 0.3 is 0 Å². The normalized spacial score (nSPS) is 12.4. The number of hydrogen-bond acceptors (Lipinski definition) is 7. The van der Waals surface area contributed by atoms with Gasteiger partial charge in [-0.1, -0.05) is 0 Å². The Kier molecular flexibility index (Phi) is 5.72. The van der Waals surface area contributed by atoms with Crippen molar-refractivity contribution >= 4 is 23.2 Å². The van der Waals surface area contributed by atoms with E-state index in [-0.39, 0.29) is 30.7 Å². The van der Waals surface area contributed by atoms with E-state index in [0.29, 0.717) is 35.0 Å². The molecule has 2 aromatic carbocycles. The maximum atomic E-state index is 14.5. The minimum absolute atomic E-state index is 0.0338. The molecule has 2 aromatic heterocycles. The number of aliphatic hydroxyl groups excluding tert-OH is 1. The van der Waals surface area contributed by atoms with Gasteiger partial charge in [0.15, 0.2) is 11.6 Å². The second kappa shape index (κ2) is 8.84. The first kappa shape index (κ1) is 22.0. The van der Waals surface area contributed by atoms with Crippen molar-refractivity contribution in [2.45, 2.75) is 6.42 Å². The number of nitrogens with zero attached hydrogens (tertiary/aromatic N) is 3. The highest BCUT2D eigenvalue weighted by Crippen LogP contribution is 2.44. The summed E-state index contributed by atoms with van der Waals surface area (Å²) in [5, 5.41) is 15.7. The molecule has 4 aromatic rings. The van der Waals surface area contributed by atoms with Crippen LogP contribution in [0, 0.1) is 11.6 Å². The zero-order chi connectivity index (χ0) is 23.8. The Morgan fingerprint density at radius 2 is 2.09 bits per heavy atom. The number of hydrogen-bond donors (Lipinski definition) is 3. The molecule has 0 spiro atoms. The van der Waals surface area contributed by atoms with E-state index >= 15 is 0 Å². The van der Waals surface area contributed by atoms with E-state index in [9.17, 15) is 13.6 Å². The maximum Gasteiger partial charge on any atom is 0.251 e. The molecule has 34 heavy (non-hydrogen) atoms. The summed E-state index contributed by atoms with van der Waals surface area (Å²) < 4.78 is 35.0. The van der Waals surface area contributed by atoms with E-state index in [0.717, 1.165) is 28.1 Å². The van der Waals surface area contributed by atoms with Crippen LogP contribution in [0.1, 0.15) is 15.9 Å². The molecule has 4 N–H and O–H groups in total. The lowest BCUT2D eigenvalue weighted by Crippen LogP contribution is -2.26. The van der Waals surface area contributed by atoms with E-state index in [1.807, 2.05) is 12.1 Å². The van der Waals surface area contributed by atoms with Gasteiger partial charge in [0.25, 0.3) is 5.91 Å². The number of thiophene rings is 1. The van der Waals surface area contributed by atoms with Crippen LogP contribution in [0.5, 0.6) is 5.75 Å². The number of nitrogens with two attached hydrogens (primary N) is 1. The van der Waals surface area contributed by atoms with Gasteiger partial charge in [-0.2, -0.15) is 4.98 Å². The average Bonchev–Trinajstić information content (AvgIpc) is 3.36. The van der Waals surface area contributed by atoms with Crippen LogP contribution in [-0.4, -0.2) is 45.5 Å². The number of ether oxygens (including phenoxy) is 1. The van der Waals surface area contributed by atoms with Gasteiger partial charge in [-0.15, -0.1) is 16.4 Å². The van der Waals surface area contributed by atoms with Crippen molar-refractivity contribution in [1.82, 2.24) is 20.1 Å². The van der Waals surface area contributed by atoms with Gasteiger partial charge in [0, 0.05) is 35.0 Å². The standard InChI is InChI=1S/C23H19F2N5O3S/c24-14-2-4-17(16(25)11-14)30-21(28-23(26)29-30)19-10-12-5-8-33-18-9-13(22(32)27-6-7-31)1-3-15(18)20(12)34-19/h1-4,9-11,31H,5-8H2,(H2,26,29)(H,27,32). The summed E-state index contributed by atoms with van der Waals surface area (Å²) in [5.41, 5.74) is 8.10. The molecule has 0 saturated heterocycles. The van der Waals surface area contributed by atoms with E-state index in [1.54, 1.807) is 12.1 Å². The quantitative estimate of drug-likeness (QED) is 0.402. The van der Waals surface area contributed by atoms with Crippen molar-refractivity contribution in [2.75, 3.05) is 25.5 Å². The lowest BCUT2D eigenvalue weighted by molar-refractivity contribution is 0.0944. The largest absolute Gasteiger partial charge is 0.493 e. The molecule has 0 bridgehead atoms. The van der Waals surface area contributed by atoms with Gasteiger partial charge in [0.1, 0.15) is 17.3 Å². The number of carbonyl (C=O) groups excluding carboxylic acids is 1. The molecule has 0 aliphatic carbocycles. The first-order valence-electron chi connectivity index (χ1n) is 10.4. The Morgan fingerprint density at radius 3 is 2.88 bits per heavy atom. The zero-order valence-corrected chi connectivity index (χ0v) is 18.5. The van der Waals surface area contributed by atoms with E-state index in [1.165, 1.54) is 22.1 Å². The van der Waals surface area contributed by atoms with E-state index in [4.69, 9.17) is 15.6 Å². The molecule has 0 radical (unpaired) electrons. The third-order valence-electron chi connectivity index (χ3n) is 5.31. The summed E-state index contributed by atoms with van der Waals surface area (Å²) in [5.74, 6) is -0.918. The van der Waals surface area contributed by atoms with Crippen LogP contribution in [0.25, 0.3) is 26.8 Å². The van der Waals surface area contributed by atoms with Crippen LogP contribution in [0.4, 0.5) is 14.7 Å². The van der Waals surface area contributed by atoms with Gasteiger partial charge < -0.3 is 20.9 Å². The Labute approximate surface area is 196 Å². The number of benzene rings is 2. The van der Waals surface area contributed by atoms with Crippen molar-refractivity contribution in [3.05, 3.63) is 65.2 Å². The van der Waals surface area contributed by atoms with Crippen LogP contribution < -0.4 is 15.8 Å². The predicted octanol–water partition coefficient (Wildman–Crippen LogP) is 3.18. The minimum Gasteiger partial charge on any atom is -0.493 e.